The molecule has 136 valence electrons. The molecule has 0 spiro atoms. The first kappa shape index (κ1) is 17.2. The van der Waals surface area contributed by atoms with Crippen LogP contribution in [0.2, 0.25) is 0 Å². The van der Waals surface area contributed by atoms with Gasteiger partial charge in [0, 0.05) is 18.0 Å². The van der Waals surface area contributed by atoms with E-state index in [0.717, 1.165) is 16.4 Å². The fourth-order valence-corrected chi connectivity index (χ4v) is 3.53. The van der Waals surface area contributed by atoms with E-state index in [2.05, 4.69) is 20.6 Å². The molecule has 0 bridgehead atoms. The highest BCUT2D eigenvalue weighted by molar-refractivity contribution is 7.13. The molecule has 8 heteroatoms. The van der Waals surface area contributed by atoms with Crippen molar-refractivity contribution in [3.05, 3.63) is 53.7 Å². The number of hydrogen-bond donors (Lipinski definition) is 2. The summed E-state index contributed by atoms with van der Waals surface area (Å²) in [5.74, 6) is 0.131. The minimum Gasteiger partial charge on any atom is -0.479 e. The van der Waals surface area contributed by atoms with Crippen LogP contribution in [0, 0.1) is 0 Å². The molecule has 1 aromatic carbocycles. The predicted molar refractivity (Wildman–Crippen MR) is 103 cm³/mol. The third-order valence-corrected chi connectivity index (χ3v) is 4.87. The van der Waals surface area contributed by atoms with Crippen molar-refractivity contribution in [3.63, 3.8) is 0 Å². The molecule has 2 aromatic heterocycles. The molecule has 0 atom stereocenters. The summed E-state index contributed by atoms with van der Waals surface area (Å²) in [6.45, 7) is -0.0605. The Morgan fingerprint density at radius 1 is 1.26 bits per heavy atom. The third-order valence-electron chi connectivity index (χ3n) is 3.95. The van der Waals surface area contributed by atoms with E-state index in [-0.39, 0.29) is 18.4 Å². The number of pyridine rings is 1. The van der Waals surface area contributed by atoms with Crippen LogP contribution in [0.3, 0.4) is 0 Å². The molecule has 1 aliphatic rings. The minimum absolute atomic E-state index is 0.0605. The van der Waals surface area contributed by atoms with Crippen LogP contribution in [0.5, 0.6) is 5.75 Å². The number of hydrogen-bond acceptors (Lipinski definition) is 6. The molecule has 4 rings (SSSR count). The second-order valence-corrected chi connectivity index (χ2v) is 6.78. The number of benzene rings is 1. The molecule has 27 heavy (non-hydrogen) atoms. The van der Waals surface area contributed by atoms with Crippen LogP contribution >= 0.6 is 11.3 Å². The number of amides is 2. The number of carbonyl (C=O) groups is 2. The maximum atomic E-state index is 12.3. The summed E-state index contributed by atoms with van der Waals surface area (Å²) in [5.41, 5.74) is 2.79. The molecule has 1 aliphatic heterocycles. The normalized spacial score (nSPS) is 12.7. The molecule has 2 amide bonds. The molecule has 7 nitrogen and oxygen atoms in total. The number of anilines is 2. The second-order valence-electron chi connectivity index (χ2n) is 5.93. The molecular weight excluding hydrogens is 364 g/mol. The van der Waals surface area contributed by atoms with Crippen LogP contribution in [-0.2, 0) is 16.0 Å². The van der Waals surface area contributed by atoms with Crippen molar-refractivity contribution in [2.45, 2.75) is 12.8 Å². The molecule has 0 unspecified atom stereocenters. The van der Waals surface area contributed by atoms with Crippen molar-refractivity contribution in [1.82, 2.24) is 9.97 Å². The number of nitrogens with one attached hydrogen (secondary N) is 2. The maximum absolute atomic E-state index is 12.3. The molecule has 3 aromatic rings. The number of fused-ring (bicyclic) bond motifs is 1. The van der Waals surface area contributed by atoms with Gasteiger partial charge in [-0.1, -0.05) is 12.1 Å². The van der Waals surface area contributed by atoms with Gasteiger partial charge in [0.25, 0.3) is 5.91 Å². The van der Waals surface area contributed by atoms with E-state index in [1.165, 1.54) is 11.3 Å². The largest absolute Gasteiger partial charge is 0.479 e. The Hall–Kier alpha value is -3.26. The zero-order valence-corrected chi connectivity index (χ0v) is 15.1. The number of aryl methyl sites for hydroxylation is 1. The van der Waals surface area contributed by atoms with Gasteiger partial charge in [0.2, 0.25) is 5.91 Å². The van der Waals surface area contributed by atoms with Gasteiger partial charge in [0.1, 0.15) is 5.01 Å². The highest BCUT2D eigenvalue weighted by Gasteiger charge is 2.20. The van der Waals surface area contributed by atoms with Gasteiger partial charge in [-0.2, -0.15) is 0 Å². The molecule has 0 saturated heterocycles. The van der Waals surface area contributed by atoms with E-state index in [9.17, 15) is 9.59 Å². The average Bonchev–Trinajstić information content (AvgIpc) is 3.16. The van der Waals surface area contributed by atoms with Gasteiger partial charge >= 0.3 is 0 Å². The van der Waals surface area contributed by atoms with Crippen LogP contribution in [0.4, 0.5) is 11.4 Å². The lowest BCUT2D eigenvalue weighted by Crippen LogP contribution is -2.26. The number of carbonyl (C=O) groups excluding carboxylic acids is 2. The fraction of sp³-hybridized carbons (Fsp3) is 0.158. The van der Waals surface area contributed by atoms with Crippen molar-refractivity contribution >= 4 is 34.5 Å². The summed E-state index contributed by atoms with van der Waals surface area (Å²) in [7, 11) is 0. The lowest BCUT2D eigenvalue weighted by atomic mass is 10.2. The zero-order valence-electron chi connectivity index (χ0n) is 14.3. The average molecular weight is 380 g/mol. The second kappa shape index (κ2) is 7.55. The van der Waals surface area contributed by atoms with Gasteiger partial charge in [0.05, 0.1) is 22.8 Å². The monoisotopic (exact) mass is 380 g/mol. The van der Waals surface area contributed by atoms with Crippen LogP contribution in [0.1, 0.15) is 12.1 Å². The molecule has 0 radical (unpaired) electrons. The molecule has 0 aliphatic carbocycles. The maximum Gasteiger partial charge on any atom is 0.262 e. The first-order valence-corrected chi connectivity index (χ1v) is 9.28. The Morgan fingerprint density at radius 3 is 3.04 bits per heavy atom. The Morgan fingerprint density at radius 2 is 2.19 bits per heavy atom. The lowest BCUT2D eigenvalue weighted by molar-refractivity contribution is -0.118. The predicted octanol–water partition coefficient (Wildman–Crippen LogP) is 3.11. The van der Waals surface area contributed by atoms with E-state index in [0.29, 0.717) is 30.0 Å². The lowest BCUT2D eigenvalue weighted by Gasteiger charge is -2.20. The Balaban J connectivity index is 1.38. The topological polar surface area (TPSA) is 93.2 Å². The number of ether oxygens (including phenoxy) is 1. The van der Waals surface area contributed by atoms with E-state index in [1.807, 2.05) is 23.6 Å². The van der Waals surface area contributed by atoms with Gasteiger partial charge in [0.15, 0.2) is 12.4 Å². The zero-order chi connectivity index (χ0) is 18.6. The summed E-state index contributed by atoms with van der Waals surface area (Å²) in [6.07, 6.45) is 2.55. The van der Waals surface area contributed by atoms with Crippen molar-refractivity contribution in [2.75, 3.05) is 17.2 Å². The molecule has 0 fully saturated rings. The van der Waals surface area contributed by atoms with Crippen molar-refractivity contribution in [1.29, 1.82) is 0 Å². The number of rotatable bonds is 5. The SMILES string of the molecule is O=C(CCc1csc(-c2ccccn2)n1)Nc1cccc2c1OCC(=O)N2. The van der Waals surface area contributed by atoms with Crippen molar-refractivity contribution in [3.8, 4) is 16.5 Å². The van der Waals surface area contributed by atoms with Crippen molar-refractivity contribution in [2.24, 2.45) is 0 Å². The summed E-state index contributed by atoms with van der Waals surface area (Å²) < 4.78 is 5.44. The van der Waals surface area contributed by atoms with E-state index in [4.69, 9.17) is 4.74 Å². The van der Waals surface area contributed by atoms with Crippen LogP contribution in [0.25, 0.3) is 10.7 Å². The summed E-state index contributed by atoms with van der Waals surface area (Å²) in [5, 5.41) is 8.35. The van der Waals surface area contributed by atoms with E-state index >= 15 is 0 Å². The Bertz CT molecular complexity index is 988. The number of aromatic nitrogens is 2. The molecular formula is C19H16N4O3S. The Labute approximate surface area is 159 Å². The smallest absolute Gasteiger partial charge is 0.262 e. The van der Waals surface area contributed by atoms with Crippen molar-refractivity contribution < 1.29 is 14.3 Å². The van der Waals surface area contributed by atoms with Crippen LogP contribution in [0.15, 0.2) is 48.0 Å². The summed E-state index contributed by atoms with van der Waals surface area (Å²) >= 11 is 1.51. The highest BCUT2D eigenvalue weighted by Crippen LogP contribution is 2.35. The first-order valence-electron chi connectivity index (χ1n) is 8.40. The number of nitrogens with zero attached hydrogens (tertiary/aromatic N) is 2. The summed E-state index contributed by atoms with van der Waals surface area (Å²) in [6, 6.07) is 10.9. The van der Waals surface area contributed by atoms with Gasteiger partial charge in [-0.25, -0.2) is 4.98 Å². The summed E-state index contributed by atoms with van der Waals surface area (Å²) in [4.78, 5) is 32.5. The van der Waals surface area contributed by atoms with Gasteiger partial charge in [-0.15, -0.1) is 11.3 Å². The molecule has 2 N–H and O–H groups in total. The molecule has 0 saturated carbocycles. The van der Waals surface area contributed by atoms with Gasteiger partial charge in [-0.3, -0.25) is 14.6 Å². The standard InChI is InChI=1S/C19H16N4O3S/c24-16(22-13-5-3-6-14-18(13)26-10-17(25)23-14)8-7-12-11-27-19(21-12)15-4-1-2-9-20-15/h1-6,9,11H,7-8,10H2,(H,22,24)(H,23,25). The quantitative estimate of drug-likeness (QED) is 0.709. The Kier molecular flexibility index (Phi) is 4.80. The van der Waals surface area contributed by atoms with Crippen LogP contribution in [-0.4, -0.2) is 28.4 Å². The van der Waals surface area contributed by atoms with E-state index < -0.39 is 0 Å². The number of para-hydroxylation sites is 1. The minimum atomic E-state index is -0.210. The fourth-order valence-electron chi connectivity index (χ4n) is 2.70. The first-order chi connectivity index (χ1) is 13.2. The van der Waals surface area contributed by atoms with Crippen LogP contribution < -0.4 is 15.4 Å². The number of thiazole rings is 1. The third kappa shape index (κ3) is 3.95. The highest BCUT2D eigenvalue weighted by atomic mass is 32.1. The molecule has 3 heterocycles. The van der Waals surface area contributed by atoms with E-state index in [1.54, 1.807) is 24.4 Å². The van der Waals surface area contributed by atoms with Gasteiger partial charge in [-0.05, 0) is 30.7 Å². The van der Waals surface area contributed by atoms with Gasteiger partial charge < -0.3 is 15.4 Å².